The summed E-state index contributed by atoms with van der Waals surface area (Å²) in [6.45, 7) is 0. The first-order valence-corrected chi connectivity index (χ1v) is 7.70. The number of carbonyl (C=O) groups excluding carboxylic acids is 1. The van der Waals surface area contributed by atoms with Gasteiger partial charge in [-0.2, -0.15) is 9.61 Å². The minimum Gasteiger partial charge on any atom is -0.335 e. The second kappa shape index (κ2) is 6.03. The number of aromatic nitrogens is 5. The molecule has 0 atom stereocenters. The second-order valence-corrected chi connectivity index (χ2v) is 5.96. The van der Waals surface area contributed by atoms with Gasteiger partial charge in [-0.15, -0.1) is 10.2 Å². The standard InChI is InChI=1S/C11H9Cl2N7OS/c12-7-2-1-6(3-8(7)13)16-9(21)4-22-11-18-17-10-19(14)5-15-20(10)11/h1-3,5H,4,14H2,(H,16,21). The van der Waals surface area contributed by atoms with Crippen LogP contribution in [0.3, 0.4) is 0 Å². The third-order valence-electron chi connectivity index (χ3n) is 2.65. The number of nitrogens with two attached hydrogens (primary N) is 1. The van der Waals surface area contributed by atoms with E-state index in [1.807, 2.05) is 0 Å². The molecule has 0 fully saturated rings. The molecule has 0 saturated heterocycles. The number of nitrogen functional groups attached to an aromatic ring is 1. The Hall–Kier alpha value is -1.97. The van der Waals surface area contributed by atoms with Crippen LogP contribution in [-0.2, 0) is 4.79 Å². The Labute approximate surface area is 138 Å². The van der Waals surface area contributed by atoms with E-state index in [9.17, 15) is 4.79 Å². The molecule has 0 radical (unpaired) electrons. The monoisotopic (exact) mass is 357 g/mol. The molecule has 3 N–H and O–H groups in total. The molecule has 0 aliphatic carbocycles. The molecule has 3 rings (SSSR count). The Morgan fingerprint density at radius 1 is 1.32 bits per heavy atom. The van der Waals surface area contributed by atoms with Gasteiger partial charge in [-0.25, -0.2) is 4.68 Å². The van der Waals surface area contributed by atoms with Gasteiger partial charge in [-0.05, 0) is 18.2 Å². The maximum atomic E-state index is 11.9. The molecule has 0 spiro atoms. The summed E-state index contributed by atoms with van der Waals surface area (Å²) in [6, 6.07) is 4.86. The van der Waals surface area contributed by atoms with Crippen LogP contribution in [0.5, 0.6) is 0 Å². The number of anilines is 1. The van der Waals surface area contributed by atoms with Crippen molar-refractivity contribution < 1.29 is 4.79 Å². The zero-order valence-electron chi connectivity index (χ0n) is 10.9. The van der Waals surface area contributed by atoms with Gasteiger partial charge in [0.1, 0.15) is 6.33 Å². The van der Waals surface area contributed by atoms with Gasteiger partial charge < -0.3 is 11.2 Å². The number of amides is 1. The van der Waals surface area contributed by atoms with Crippen molar-refractivity contribution in [1.29, 1.82) is 0 Å². The minimum absolute atomic E-state index is 0.137. The molecule has 0 aliphatic rings. The lowest BCUT2D eigenvalue weighted by Gasteiger charge is -2.05. The zero-order valence-corrected chi connectivity index (χ0v) is 13.2. The average molecular weight is 358 g/mol. The van der Waals surface area contributed by atoms with Crippen molar-refractivity contribution in [3.05, 3.63) is 34.6 Å². The van der Waals surface area contributed by atoms with E-state index in [1.165, 1.54) is 27.3 Å². The van der Waals surface area contributed by atoms with E-state index >= 15 is 0 Å². The van der Waals surface area contributed by atoms with Gasteiger partial charge in [-0.1, -0.05) is 35.0 Å². The molecule has 2 aromatic heterocycles. The summed E-state index contributed by atoms with van der Waals surface area (Å²) in [5.74, 6) is 5.91. The first kappa shape index (κ1) is 14.9. The lowest BCUT2D eigenvalue weighted by Crippen LogP contribution is -2.14. The van der Waals surface area contributed by atoms with Crippen LogP contribution in [0.2, 0.25) is 10.0 Å². The summed E-state index contributed by atoms with van der Waals surface area (Å²) in [6.07, 6.45) is 1.41. The molecule has 1 aromatic carbocycles. The van der Waals surface area contributed by atoms with E-state index < -0.39 is 0 Å². The SMILES string of the molecule is Nn1cnn2c(SCC(=O)Nc3ccc(Cl)c(Cl)c3)nnc12. The number of rotatable bonds is 4. The first-order valence-electron chi connectivity index (χ1n) is 5.96. The Morgan fingerprint density at radius 3 is 2.91 bits per heavy atom. The fourth-order valence-corrected chi connectivity index (χ4v) is 2.65. The maximum Gasteiger partial charge on any atom is 0.273 e. The number of nitrogens with one attached hydrogen (secondary N) is 1. The fourth-order valence-electron chi connectivity index (χ4n) is 1.67. The second-order valence-electron chi connectivity index (χ2n) is 4.20. The Bertz CT molecular complexity index is 846. The normalized spacial score (nSPS) is 11.0. The number of hydrogen-bond acceptors (Lipinski definition) is 6. The van der Waals surface area contributed by atoms with Gasteiger partial charge in [-0.3, -0.25) is 4.79 Å². The first-order chi connectivity index (χ1) is 10.5. The van der Waals surface area contributed by atoms with Crippen LogP contribution < -0.4 is 11.2 Å². The minimum atomic E-state index is -0.215. The molecule has 2 heterocycles. The molecular formula is C11H9Cl2N7OS. The summed E-state index contributed by atoms with van der Waals surface area (Å²) >= 11 is 12.9. The van der Waals surface area contributed by atoms with Gasteiger partial charge in [0.05, 0.1) is 15.8 Å². The fraction of sp³-hybridized carbons (Fsp3) is 0.0909. The highest BCUT2D eigenvalue weighted by atomic mass is 35.5. The van der Waals surface area contributed by atoms with Gasteiger partial charge in [0.2, 0.25) is 11.1 Å². The van der Waals surface area contributed by atoms with Crippen LogP contribution >= 0.6 is 35.0 Å². The van der Waals surface area contributed by atoms with Crippen molar-refractivity contribution in [2.45, 2.75) is 5.16 Å². The van der Waals surface area contributed by atoms with Crippen molar-refractivity contribution in [3.8, 4) is 0 Å². The molecule has 0 saturated carbocycles. The number of thioether (sulfide) groups is 1. The van der Waals surface area contributed by atoms with E-state index in [0.29, 0.717) is 26.7 Å². The molecule has 114 valence electrons. The third-order valence-corrected chi connectivity index (χ3v) is 4.31. The topological polar surface area (TPSA) is 103 Å². The van der Waals surface area contributed by atoms with Gasteiger partial charge in [0.25, 0.3) is 5.78 Å². The average Bonchev–Trinajstić information content (AvgIpc) is 3.04. The third kappa shape index (κ3) is 2.96. The van der Waals surface area contributed by atoms with Crippen molar-refractivity contribution in [2.24, 2.45) is 0 Å². The van der Waals surface area contributed by atoms with Gasteiger partial charge in [0.15, 0.2) is 0 Å². The highest BCUT2D eigenvalue weighted by molar-refractivity contribution is 7.99. The number of hydrogen-bond donors (Lipinski definition) is 2. The van der Waals surface area contributed by atoms with Gasteiger partial charge in [0, 0.05) is 5.69 Å². The molecular weight excluding hydrogens is 349 g/mol. The summed E-state index contributed by atoms with van der Waals surface area (Å²) in [5.41, 5.74) is 0.567. The number of halogens is 2. The predicted molar refractivity (Wildman–Crippen MR) is 84.7 cm³/mol. The number of carbonyl (C=O) groups is 1. The highest BCUT2D eigenvalue weighted by Crippen LogP contribution is 2.25. The van der Waals surface area contributed by atoms with Crippen molar-refractivity contribution in [1.82, 2.24) is 24.5 Å². The van der Waals surface area contributed by atoms with Crippen molar-refractivity contribution >= 4 is 52.3 Å². The summed E-state index contributed by atoms with van der Waals surface area (Å²) < 4.78 is 2.70. The quantitative estimate of drug-likeness (QED) is 0.543. The lowest BCUT2D eigenvalue weighted by atomic mass is 10.3. The van der Waals surface area contributed by atoms with E-state index in [1.54, 1.807) is 18.2 Å². The van der Waals surface area contributed by atoms with Crippen LogP contribution in [0.25, 0.3) is 5.78 Å². The predicted octanol–water partition coefficient (Wildman–Crippen LogP) is 1.68. The molecule has 11 heteroatoms. The summed E-state index contributed by atoms with van der Waals surface area (Å²) in [4.78, 5) is 11.9. The number of nitrogens with zero attached hydrogens (tertiary/aromatic N) is 5. The highest BCUT2D eigenvalue weighted by Gasteiger charge is 2.13. The van der Waals surface area contributed by atoms with Crippen molar-refractivity contribution in [2.75, 3.05) is 16.9 Å². The van der Waals surface area contributed by atoms with E-state index in [2.05, 4.69) is 20.6 Å². The molecule has 8 nitrogen and oxygen atoms in total. The number of fused-ring (bicyclic) bond motifs is 1. The van der Waals surface area contributed by atoms with Crippen LogP contribution in [0.1, 0.15) is 0 Å². The smallest absolute Gasteiger partial charge is 0.273 e. The van der Waals surface area contributed by atoms with Crippen LogP contribution in [0.4, 0.5) is 5.69 Å². The molecule has 0 aliphatic heterocycles. The van der Waals surface area contributed by atoms with Crippen LogP contribution in [0, 0.1) is 0 Å². The Morgan fingerprint density at radius 2 is 2.14 bits per heavy atom. The molecule has 0 unspecified atom stereocenters. The molecule has 22 heavy (non-hydrogen) atoms. The van der Waals surface area contributed by atoms with Crippen molar-refractivity contribution in [3.63, 3.8) is 0 Å². The van der Waals surface area contributed by atoms with E-state index in [0.717, 1.165) is 0 Å². The van der Waals surface area contributed by atoms with Crippen LogP contribution in [-0.4, -0.2) is 36.1 Å². The van der Waals surface area contributed by atoms with Crippen LogP contribution in [0.15, 0.2) is 29.7 Å². The molecule has 3 aromatic rings. The summed E-state index contributed by atoms with van der Waals surface area (Å²) in [5, 5.41) is 15.8. The zero-order chi connectivity index (χ0) is 15.7. The van der Waals surface area contributed by atoms with E-state index in [-0.39, 0.29) is 11.7 Å². The molecule has 0 bridgehead atoms. The maximum absolute atomic E-state index is 11.9. The summed E-state index contributed by atoms with van der Waals surface area (Å²) in [7, 11) is 0. The van der Waals surface area contributed by atoms with E-state index in [4.69, 9.17) is 29.0 Å². The Balaban J connectivity index is 1.63. The lowest BCUT2D eigenvalue weighted by molar-refractivity contribution is -0.113. The van der Waals surface area contributed by atoms with Gasteiger partial charge >= 0.3 is 0 Å². The number of benzene rings is 1. The molecule has 1 amide bonds. The Kier molecular flexibility index (Phi) is 4.10. The largest absolute Gasteiger partial charge is 0.335 e.